The molecule has 0 radical (unpaired) electrons. The summed E-state index contributed by atoms with van der Waals surface area (Å²) >= 11 is 3.40. The Hall–Kier alpha value is -1.65. The van der Waals surface area contributed by atoms with Crippen molar-refractivity contribution in [3.63, 3.8) is 0 Å². The maximum Gasteiger partial charge on any atom is 0.141 e. The number of ketones is 1. The molecule has 2 aromatic rings. The molecule has 0 unspecified atom stereocenters. The van der Waals surface area contributed by atoms with Gasteiger partial charge in [0.2, 0.25) is 0 Å². The van der Waals surface area contributed by atoms with Gasteiger partial charge in [0.25, 0.3) is 0 Å². The summed E-state index contributed by atoms with van der Waals surface area (Å²) in [5, 5.41) is 3.26. The molecular formula is C18H18BrClN2O. The number of nitrogens with zero attached hydrogens (tertiary/aromatic N) is 1. The largest absolute Gasteiger partial charge is 0.368 e. The van der Waals surface area contributed by atoms with Gasteiger partial charge in [-0.25, -0.2) is 0 Å². The maximum atomic E-state index is 12.2. The van der Waals surface area contributed by atoms with Crippen molar-refractivity contribution in [2.75, 3.05) is 13.1 Å². The van der Waals surface area contributed by atoms with Crippen LogP contribution in [0.15, 0.2) is 58.0 Å². The third-order valence-electron chi connectivity index (χ3n) is 3.59. The van der Waals surface area contributed by atoms with Crippen molar-refractivity contribution in [2.24, 2.45) is 4.99 Å². The van der Waals surface area contributed by atoms with Crippen LogP contribution < -0.4 is 5.32 Å². The summed E-state index contributed by atoms with van der Waals surface area (Å²) in [6, 6.07) is 16.0. The van der Waals surface area contributed by atoms with E-state index >= 15 is 0 Å². The van der Waals surface area contributed by atoms with E-state index in [0.717, 1.165) is 40.1 Å². The molecular weight excluding hydrogens is 376 g/mol. The first-order chi connectivity index (χ1) is 10.7. The van der Waals surface area contributed by atoms with Crippen LogP contribution in [0.3, 0.4) is 0 Å². The molecule has 0 bridgehead atoms. The van der Waals surface area contributed by atoms with Gasteiger partial charge in [-0.3, -0.25) is 9.79 Å². The van der Waals surface area contributed by atoms with Crippen molar-refractivity contribution in [2.45, 2.75) is 12.8 Å². The average Bonchev–Trinajstić information content (AvgIpc) is 3.04. The van der Waals surface area contributed by atoms with E-state index in [1.807, 2.05) is 42.5 Å². The van der Waals surface area contributed by atoms with Crippen molar-refractivity contribution in [3.05, 3.63) is 69.7 Å². The van der Waals surface area contributed by atoms with Crippen molar-refractivity contribution in [1.82, 2.24) is 5.32 Å². The highest BCUT2D eigenvalue weighted by molar-refractivity contribution is 9.10. The van der Waals surface area contributed by atoms with E-state index in [9.17, 15) is 4.79 Å². The normalized spacial score (nSPS) is 13.0. The van der Waals surface area contributed by atoms with Crippen LogP contribution >= 0.6 is 28.3 Å². The fraction of sp³-hybridized carbons (Fsp3) is 0.222. The number of hydrogen-bond acceptors (Lipinski definition) is 3. The number of rotatable bonds is 5. The Balaban J connectivity index is 0.00000192. The van der Waals surface area contributed by atoms with Crippen LogP contribution in [0.4, 0.5) is 0 Å². The summed E-state index contributed by atoms with van der Waals surface area (Å²) in [5.41, 5.74) is 3.15. The molecule has 1 heterocycles. The molecule has 0 atom stereocenters. The zero-order valence-electron chi connectivity index (χ0n) is 12.6. The average molecular weight is 394 g/mol. The lowest BCUT2D eigenvalue weighted by Crippen LogP contribution is -2.19. The molecule has 0 amide bonds. The SMILES string of the molecule is Cl.O=C(Cc1ccc(Br)cc1)Cc1cccc(C2=NCCN2)c1. The molecule has 0 aliphatic carbocycles. The molecule has 1 aliphatic heterocycles. The van der Waals surface area contributed by atoms with Crippen molar-refractivity contribution in [1.29, 1.82) is 0 Å². The van der Waals surface area contributed by atoms with Gasteiger partial charge in [-0.15, -0.1) is 12.4 Å². The van der Waals surface area contributed by atoms with Gasteiger partial charge >= 0.3 is 0 Å². The minimum absolute atomic E-state index is 0. The summed E-state index contributed by atoms with van der Waals surface area (Å²) in [7, 11) is 0. The molecule has 1 aliphatic rings. The van der Waals surface area contributed by atoms with Crippen LogP contribution in [-0.2, 0) is 17.6 Å². The molecule has 0 spiro atoms. The predicted molar refractivity (Wildman–Crippen MR) is 99.7 cm³/mol. The Bertz CT molecular complexity index is 713. The number of nitrogens with one attached hydrogen (secondary N) is 1. The molecule has 2 aromatic carbocycles. The van der Waals surface area contributed by atoms with Crippen LogP contribution in [0.5, 0.6) is 0 Å². The highest BCUT2D eigenvalue weighted by atomic mass is 79.9. The number of carbonyl (C=O) groups excluding carboxylic acids is 1. The monoisotopic (exact) mass is 392 g/mol. The van der Waals surface area contributed by atoms with Gasteiger partial charge in [-0.1, -0.05) is 46.3 Å². The number of carbonyl (C=O) groups is 1. The highest BCUT2D eigenvalue weighted by Crippen LogP contribution is 2.13. The molecule has 1 N–H and O–H groups in total. The molecule has 120 valence electrons. The number of amidine groups is 1. The first kappa shape index (κ1) is 17.7. The third kappa shape index (κ3) is 4.91. The highest BCUT2D eigenvalue weighted by Gasteiger charge is 2.10. The van der Waals surface area contributed by atoms with Crippen molar-refractivity contribution < 1.29 is 4.79 Å². The predicted octanol–water partition coefficient (Wildman–Crippen LogP) is 3.58. The Morgan fingerprint density at radius 3 is 2.52 bits per heavy atom. The number of halogens is 2. The Labute approximate surface area is 150 Å². The van der Waals surface area contributed by atoms with Gasteiger partial charge < -0.3 is 5.32 Å². The van der Waals surface area contributed by atoms with Gasteiger partial charge in [0.05, 0.1) is 6.54 Å². The Morgan fingerprint density at radius 2 is 1.83 bits per heavy atom. The minimum atomic E-state index is 0. The molecule has 0 saturated heterocycles. The summed E-state index contributed by atoms with van der Waals surface area (Å²) in [5.74, 6) is 1.16. The number of aliphatic imine (C=N–C) groups is 1. The van der Waals surface area contributed by atoms with E-state index in [-0.39, 0.29) is 18.2 Å². The van der Waals surface area contributed by atoms with E-state index in [0.29, 0.717) is 12.8 Å². The fourth-order valence-electron chi connectivity index (χ4n) is 2.54. The summed E-state index contributed by atoms with van der Waals surface area (Å²) in [6.07, 6.45) is 0.924. The molecule has 3 nitrogen and oxygen atoms in total. The summed E-state index contributed by atoms with van der Waals surface area (Å²) < 4.78 is 1.03. The van der Waals surface area contributed by atoms with Gasteiger partial charge in [-0.05, 0) is 29.3 Å². The second-order valence-electron chi connectivity index (χ2n) is 5.38. The van der Waals surface area contributed by atoms with Crippen molar-refractivity contribution in [3.8, 4) is 0 Å². The summed E-state index contributed by atoms with van der Waals surface area (Å²) in [4.78, 5) is 16.7. The van der Waals surface area contributed by atoms with Crippen LogP contribution in [0.2, 0.25) is 0 Å². The molecule has 23 heavy (non-hydrogen) atoms. The lowest BCUT2D eigenvalue weighted by molar-refractivity contribution is -0.117. The van der Waals surface area contributed by atoms with Gasteiger partial charge in [0.1, 0.15) is 11.6 Å². The van der Waals surface area contributed by atoms with E-state index in [2.05, 4.69) is 32.3 Å². The van der Waals surface area contributed by atoms with Crippen LogP contribution in [0.1, 0.15) is 16.7 Å². The van der Waals surface area contributed by atoms with E-state index < -0.39 is 0 Å². The quantitative estimate of drug-likeness (QED) is 0.843. The standard InChI is InChI=1S/C18H17BrN2O.ClH/c19-16-6-4-13(5-7-16)11-17(22)12-14-2-1-3-15(10-14)18-20-8-9-21-18;/h1-7,10H,8-9,11-12H2,(H,20,21);1H. The molecule has 0 fully saturated rings. The van der Waals surface area contributed by atoms with Gasteiger partial charge in [0, 0.05) is 29.4 Å². The van der Waals surface area contributed by atoms with Crippen molar-refractivity contribution >= 4 is 40.0 Å². The summed E-state index contributed by atoms with van der Waals surface area (Å²) in [6.45, 7) is 1.71. The first-order valence-corrected chi connectivity index (χ1v) is 8.14. The molecule has 0 aromatic heterocycles. The fourth-order valence-corrected chi connectivity index (χ4v) is 2.80. The lowest BCUT2D eigenvalue weighted by Gasteiger charge is -2.06. The topological polar surface area (TPSA) is 41.5 Å². The van der Waals surface area contributed by atoms with Crippen LogP contribution in [0.25, 0.3) is 0 Å². The maximum absolute atomic E-state index is 12.2. The third-order valence-corrected chi connectivity index (χ3v) is 4.12. The zero-order chi connectivity index (χ0) is 15.4. The van der Waals surface area contributed by atoms with Gasteiger partial charge in [-0.2, -0.15) is 0 Å². The van der Waals surface area contributed by atoms with E-state index in [1.54, 1.807) is 0 Å². The number of benzene rings is 2. The van der Waals surface area contributed by atoms with E-state index in [4.69, 9.17) is 0 Å². The molecule has 0 saturated carbocycles. The Morgan fingerprint density at radius 1 is 1.09 bits per heavy atom. The minimum Gasteiger partial charge on any atom is -0.368 e. The molecule has 3 rings (SSSR count). The zero-order valence-corrected chi connectivity index (χ0v) is 15.0. The number of hydrogen-bond donors (Lipinski definition) is 1. The van der Waals surface area contributed by atoms with E-state index in [1.165, 1.54) is 0 Å². The Kier molecular flexibility index (Phi) is 6.37. The second-order valence-corrected chi connectivity index (χ2v) is 6.29. The van der Waals surface area contributed by atoms with Crippen LogP contribution in [-0.4, -0.2) is 24.7 Å². The second kappa shape index (κ2) is 8.27. The van der Waals surface area contributed by atoms with Crippen LogP contribution in [0, 0.1) is 0 Å². The first-order valence-electron chi connectivity index (χ1n) is 7.34. The molecule has 5 heteroatoms. The van der Waals surface area contributed by atoms with Gasteiger partial charge in [0.15, 0.2) is 0 Å². The lowest BCUT2D eigenvalue weighted by atomic mass is 10.0. The number of Topliss-reactive ketones (excluding diaryl/α,β-unsaturated/α-hetero) is 1. The smallest absolute Gasteiger partial charge is 0.141 e.